The number of carbonyl (C=O) groups excluding carboxylic acids is 1. The predicted molar refractivity (Wildman–Crippen MR) is 119 cm³/mol. The molecule has 0 amide bonds. The van der Waals surface area contributed by atoms with E-state index in [-0.39, 0.29) is 12.0 Å². The number of esters is 1. The molecule has 11 heteroatoms. The van der Waals surface area contributed by atoms with Crippen LogP contribution in [0.1, 0.15) is 12.0 Å². The Hall–Kier alpha value is -2.66. The lowest BCUT2D eigenvalue weighted by molar-refractivity contribution is -0.312. The summed E-state index contributed by atoms with van der Waals surface area (Å²) in [7, 11) is 1.34. The van der Waals surface area contributed by atoms with Gasteiger partial charge in [-0.25, -0.2) is 4.79 Å². The molecule has 1 unspecified atom stereocenters. The number of nitrogens with zero attached hydrogens (tertiary/aromatic N) is 1. The Morgan fingerprint density at radius 3 is 2.49 bits per heavy atom. The van der Waals surface area contributed by atoms with Gasteiger partial charge >= 0.3 is 5.97 Å². The number of aliphatic hydroxyl groups is 5. The van der Waals surface area contributed by atoms with Crippen LogP contribution in [0.25, 0.3) is 6.08 Å². The first-order chi connectivity index (χ1) is 16.8. The van der Waals surface area contributed by atoms with E-state index >= 15 is 0 Å². The summed E-state index contributed by atoms with van der Waals surface area (Å²) in [6.45, 7) is -0.649. The van der Waals surface area contributed by atoms with E-state index in [1.807, 2.05) is 12.1 Å². The Bertz CT molecular complexity index is 943. The van der Waals surface area contributed by atoms with E-state index < -0.39 is 67.7 Å². The van der Waals surface area contributed by atoms with Gasteiger partial charge in [-0.3, -0.25) is 0 Å². The SMILES string of the molecule is CO[C@H]1C[C@H](O[C@@H]2O[C@H](CO)[C@@H](O)[C@H](O)[C@H]2O)/C(=C/C#N)C(OC(=O)/C=C/c2ccccc2)[C@H]1O. The first kappa shape index (κ1) is 26.9. The highest BCUT2D eigenvalue weighted by Crippen LogP contribution is 2.34. The van der Waals surface area contributed by atoms with Crippen LogP contribution in [-0.4, -0.2) is 100 Å². The lowest BCUT2D eigenvalue weighted by Gasteiger charge is -2.44. The van der Waals surface area contributed by atoms with Gasteiger partial charge in [0.05, 0.1) is 24.9 Å². The Kier molecular flexibility index (Phi) is 9.50. The van der Waals surface area contributed by atoms with E-state index in [9.17, 15) is 35.6 Å². The number of aliphatic hydroxyl groups excluding tert-OH is 5. The molecular weight excluding hydrogens is 462 g/mol. The quantitative estimate of drug-likeness (QED) is 0.180. The minimum atomic E-state index is -1.68. The van der Waals surface area contributed by atoms with Gasteiger partial charge < -0.3 is 44.5 Å². The average molecular weight is 491 g/mol. The summed E-state index contributed by atoms with van der Waals surface area (Å²) in [4.78, 5) is 12.5. The Morgan fingerprint density at radius 2 is 1.86 bits per heavy atom. The lowest BCUT2D eigenvalue weighted by atomic mass is 9.84. The van der Waals surface area contributed by atoms with Crippen LogP contribution in [0.4, 0.5) is 0 Å². The van der Waals surface area contributed by atoms with E-state index in [4.69, 9.17) is 18.9 Å². The molecule has 35 heavy (non-hydrogen) atoms. The number of benzene rings is 1. The summed E-state index contributed by atoms with van der Waals surface area (Å²) in [5.74, 6) is -0.787. The molecule has 1 heterocycles. The van der Waals surface area contributed by atoms with Crippen molar-refractivity contribution in [1.82, 2.24) is 0 Å². The van der Waals surface area contributed by atoms with Crippen molar-refractivity contribution in [3.63, 3.8) is 0 Å². The standard InChI is InChI=1S/C24H29NO10/c1-32-16-11-15(33-24-22(31)21(30)19(28)17(12-26)34-24)14(9-10-25)23(20(16)29)35-18(27)8-7-13-5-3-2-4-6-13/h2-9,15-17,19-24,26,28-31H,11-12H2,1H3/b8-7+,14-9-/t15-,16-,17+,19+,20-,21-,22+,23?,24+/m0/s1. The molecule has 1 aliphatic heterocycles. The zero-order valence-corrected chi connectivity index (χ0v) is 19.0. The molecule has 11 nitrogen and oxygen atoms in total. The number of nitriles is 1. The number of hydrogen-bond acceptors (Lipinski definition) is 11. The largest absolute Gasteiger partial charge is 0.452 e. The maximum Gasteiger partial charge on any atom is 0.331 e. The van der Waals surface area contributed by atoms with Gasteiger partial charge in [0.25, 0.3) is 0 Å². The maximum absolute atomic E-state index is 12.5. The summed E-state index contributed by atoms with van der Waals surface area (Å²) in [5.41, 5.74) is 0.840. The minimum Gasteiger partial charge on any atom is -0.452 e. The number of carbonyl (C=O) groups is 1. The van der Waals surface area contributed by atoms with Crippen molar-refractivity contribution in [2.45, 2.75) is 61.5 Å². The summed E-state index contributed by atoms with van der Waals surface area (Å²) in [5, 5.41) is 59.9. The molecule has 9 atom stereocenters. The Balaban J connectivity index is 1.81. The van der Waals surface area contributed by atoms with E-state index in [1.165, 1.54) is 19.3 Å². The number of ether oxygens (including phenoxy) is 4. The maximum atomic E-state index is 12.5. The second-order valence-electron chi connectivity index (χ2n) is 8.20. The van der Waals surface area contributed by atoms with Crippen LogP contribution in [0, 0.1) is 11.3 Å². The molecule has 190 valence electrons. The smallest absolute Gasteiger partial charge is 0.331 e. The van der Waals surface area contributed by atoms with Crippen LogP contribution in [-0.2, 0) is 23.7 Å². The molecule has 0 aromatic heterocycles. The van der Waals surface area contributed by atoms with Gasteiger partial charge in [-0.05, 0) is 11.6 Å². The van der Waals surface area contributed by atoms with Crippen molar-refractivity contribution in [2.75, 3.05) is 13.7 Å². The molecule has 1 aromatic carbocycles. The van der Waals surface area contributed by atoms with Gasteiger partial charge in [0.1, 0.15) is 30.5 Å². The molecule has 0 spiro atoms. The van der Waals surface area contributed by atoms with Crippen LogP contribution in [0.15, 0.2) is 48.1 Å². The van der Waals surface area contributed by atoms with Crippen LogP contribution < -0.4 is 0 Å². The molecule has 1 saturated heterocycles. The van der Waals surface area contributed by atoms with Crippen LogP contribution in [0.3, 0.4) is 0 Å². The normalized spacial score (nSPS) is 36.7. The van der Waals surface area contributed by atoms with Gasteiger partial charge in [0, 0.05) is 31.3 Å². The van der Waals surface area contributed by atoms with Crippen molar-refractivity contribution in [3.8, 4) is 6.07 Å². The zero-order chi connectivity index (χ0) is 25.5. The molecule has 1 aromatic rings. The highest BCUT2D eigenvalue weighted by atomic mass is 16.7. The van der Waals surface area contributed by atoms with Gasteiger partial charge in [-0.2, -0.15) is 5.26 Å². The summed E-state index contributed by atoms with van der Waals surface area (Å²) in [6, 6.07) is 10.8. The predicted octanol–water partition coefficient (Wildman–Crippen LogP) is -0.974. The van der Waals surface area contributed by atoms with Gasteiger partial charge in [-0.1, -0.05) is 30.3 Å². The highest BCUT2D eigenvalue weighted by molar-refractivity contribution is 5.87. The summed E-state index contributed by atoms with van der Waals surface area (Å²) >= 11 is 0. The third-order valence-electron chi connectivity index (χ3n) is 5.97. The Labute approximate surface area is 202 Å². The first-order valence-corrected chi connectivity index (χ1v) is 11.0. The molecule has 0 bridgehead atoms. The van der Waals surface area contributed by atoms with Gasteiger partial charge in [0.2, 0.25) is 0 Å². The topological polar surface area (TPSA) is 179 Å². The average Bonchev–Trinajstić information content (AvgIpc) is 2.87. The van der Waals surface area contributed by atoms with Crippen LogP contribution in [0.5, 0.6) is 0 Å². The van der Waals surface area contributed by atoms with Crippen molar-refractivity contribution in [1.29, 1.82) is 5.26 Å². The molecule has 1 saturated carbocycles. The number of allylic oxidation sites excluding steroid dienone is 1. The fourth-order valence-corrected chi connectivity index (χ4v) is 4.05. The monoisotopic (exact) mass is 491 g/mol. The Morgan fingerprint density at radius 1 is 1.14 bits per heavy atom. The van der Waals surface area contributed by atoms with Crippen molar-refractivity contribution in [3.05, 3.63) is 53.6 Å². The molecule has 1 aliphatic carbocycles. The fourth-order valence-electron chi connectivity index (χ4n) is 4.05. The van der Waals surface area contributed by atoms with Crippen molar-refractivity contribution >= 4 is 12.0 Å². The van der Waals surface area contributed by atoms with E-state index in [2.05, 4.69) is 0 Å². The van der Waals surface area contributed by atoms with Crippen LogP contribution in [0.2, 0.25) is 0 Å². The summed E-state index contributed by atoms with van der Waals surface area (Å²) < 4.78 is 22.0. The molecule has 2 aliphatic rings. The lowest BCUT2D eigenvalue weighted by Crippen LogP contribution is -2.60. The van der Waals surface area contributed by atoms with E-state index in [0.29, 0.717) is 0 Å². The second-order valence-corrected chi connectivity index (χ2v) is 8.20. The highest BCUT2D eigenvalue weighted by Gasteiger charge is 2.48. The minimum absolute atomic E-state index is 0.00585. The third kappa shape index (κ3) is 6.32. The zero-order valence-electron chi connectivity index (χ0n) is 19.0. The first-order valence-electron chi connectivity index (χ1n) is 11.0. The molecule has 5 N–H and O–H groups in total. The fraction of sp³-hybridized carbons (Fsp3) is 0.500. The summed E-state index contributed by atoms with van der Waals surface area (Å²) in [6.07, 6.45) is -8.44. The van der Waals surface area contributed by atoms with Crippen LogP contribution >= 0.6 is 0 Å². The number of methoxy groups -OCH3 is 1. The van der Waals surface area contributed by atoms with Crippen molar-refractivity contribution < 1.29 is 49.3 Å². The number of hydrogen-bond donors (Lipinski definition) is 5. The number of rotatable bonds is 7. The van der Waals surface area contributed by atoms with Gasteiger partial charge in [0.15, 0.2) is 12.4 Å². The molecule has 0 radical (unpaired) electrons. The molecule has 3 rings (SSSR count). The molecular formula is C24H29NO10. The third-order valence-corrected chi connectivity index (χ3v) is 5.97. The van der Waals surface area contributed by atoms with Gasteiger partial charge in [-0.15, -0.1) is 0 Å². The van der Waals surface area contributed by atoms with Crippen molar-refractivity contribution in [2.24, 2.45) is 0 Å². The van der Waals surface area contributed by atoms with E-state index in [1.54, 1.807) is 24.3 Å². The van der Waals surface area contributed by atoms with E-state index in [0.717, 1.165) is 11.6 Å². The second kappa shape index (κ2) is 12.3. The molecule has 2 fully saturated rings.